The summed E-state index contributed by atoms with van der Waals surface area (Å²) in [5, 5.41) is 7.77. The molecule has 0 saturated heterocycles. The van der Waals surface area contributed by atoms with E-state index in [4.69, 9.17) is 0 Å². The summed E-state index contributed by atoms with van der Waals surface area (Å²) in [5.74, 6) is -0.462. The van der Waals surface area contributed by atoms with Crippen molar-refractivity contribution in [3.63, 3.8) is 0 Å². The van der Waals surface area contributed by atoms with Crippen LogP contribution in [0.5, 0.6) is 0 Å². The Balaban J connectivity index is 1.82. The number of hydrogen-bond donors (Lipinski definition) is 1. The molecule has 0 aliphatic heterocycles. The van der Waals surface area contributed by atoms with Crippen molar-refractivity contribution in [1.82, 2.24) is 20.1 Å². The number of aryl methyl sites for hydroxylation is 2. The molecule has 8 heteroatoms. The van der Waals surface area contributed by atoms with Crippen molar-refractivity contribution < 1.29 is 18.0 Å². The van der Waals surface area contributed by atoms with Crippen LogP contribution in [-0.2, 0) is 13.2 Å². The zero-order valence-corrected chi connectivity index (χ0v) is 14.4. The Bertz CT molecular complexity index is 978. The minimum absolute atomic E-state index is 0.180. The number of carbonyl (C=O) groups is 1. The Kier molecular flexibility index (Phi) is 4.43. The van der Waals surface area contributed by atoms with Crippen LogP contribution in [0.15, 0.2) is 36.4 Å². The van der Waals surface area contributed by atoms with Crippen molar-refractivity contribution in [3.8, 4) is 0 Å². The van der Waals surface area contributed by atoms with Gasteiger partial charge in [-0.3, -0.25) is 9.48 Å². The second-order valence-electron chi connectivity index (χ2n) is 6.10. The third-order valence-corrected chi connectivity index (χ3v) is 4.17. The van der Waals surface area contributed by atoms with E-state index < -0.39 is 23.7 Å². The topological polar surface area (TPSA) is 59.8 Å². The van der Waals surface area contributed by atoms with E-state index in [1.54, 1.807) is 36.9 Å². The summed E-state index contributed by atoms with van der Waals surface area (Å²) in [7, 11) is 1.73. The molecular weight excluding hydrogens is 345 g/mol. The summed E-state index contributed by atoms with van der Waals surface area (Å²) in [5.41, 5.74) is 1.17. The number of rotatable bonds is 3. The highest BCUT2D eigenvalue weighted by atomic mass is 19.4. The number of benzene rings is 1. The van der Waals surface area contributed by atoms with E-state index in [2.05, 4.69) is 15.4 Å². The van der Waals surface area contributed by atoms with Gasteiger partial charge in [0.25, 0.3) is 5.91 Å². The van der Waals surface area contributed by atoms with E-state index in [1.807, 2.05) is 6.92 Å². The fourth-order valence-corrected chi connectivity index (χ4v) is 2.77. The van der Waals surface area contributed by atoms with Gasteiger partial charge in [-0.1, -0.05) is 12.1 Å². The molecule has 1 atom stereocenters. The monoisotopic (exact) mass is 362 g/mol. The van der Waals surface area contributed by atoms with Gasteiger partial charge in [-0.25, -0.2) is 4.98 Å². The summed E-state index contributed by atoms with van der Waals surface area (Å²) in [6.45, 7) is 3.47. The lowest BCUT2D eigenvalue weighted by Gasteiger charge is -2.16. The van der Waals surface area contributed by atoms with Crippen LogP contribution in [0.1, 0.15) is 40.3 Å². The van der Waals surface area contributed by atoms with Gasteiger partial charge in [-0.15, -0.1) is 0 Å². The van der Waals surface area contributed by atoms with Crippen LogP contribution in [0, 0.1) is 6.92 Å². The molecule has 0 saturated carbocycles. The van der Waals surface area contributed by atoms with Crippen molar-refractivity contribution in [2.24, 2.45) is 7.05 Å². The Morgan fingerprint density at radius 3 is 2.65 bits per heavy atom. The van der Waals surface area contributed by atoms with Crippen molar-refractivity contribution in [2.75, 3.05) is 0 Å². The molecule has 1 amide bonds. The second-order valence-corrected chi connectivity index (χ2v) is 6.10. The summed E-state index contributed by atoms with van der Waals surface area (Å²) >= 11 is 0. The predicted octanol–water partition coefficient (Wildman–Crippen LogP) is 3.79. The largest absolute Gasteiger partial charge is 0.416 e. The van der Waals surface area contributed by atoms with Gasteiger partial charge in [0.05, 0.1) is 17.3 Å². The number of amides is 1. The third kappa shape index (κ3) is 3.40. The second kappa shape index (κ2) is 6.44. The van der Waals surface area contributed by atoms with Gasteiger partial charge in [0, 0.05) is 12.4 Å². The van der Waals surface area contributed by atoms with Gasteiger partial charge in [0.1, 0.15) is 5.69 Å². The zero-order valence-electron chi connectivity index (χ0n) is 14.4. The van der Waals surface area contributed by atoms with E-state index in [-0.39, 0.29) is 5.69 Å². The zero-order chi connectivity index (χ0) is 19.1. The molecule has 26 heavy (non-hydrogen) atoms. The number of halogens is 3. The van der Waals surface area contributed by atoms with Crippen LogP contribution in [0.25, 0.3) is 11.0 Å². The lowest BCUT2D eigenvalue weighted by molar-refractivity contribution is -0.137. The van der Waals surface area contributed by atoms with Crippen LogP contribution in [-0.4, -0.2) is 20.7 Å². The Morgan fingerprint density at radius 1 is 1.23 bits per heavy atom. The number of carbonyl (C=O) groups excluding carboxylic acids is 1. The molecule has 1 N–H and O–H groups in total. The van der Waals surface area contributed by atoms with Crippen LogP contribution >= 0.6 is 0 Å². The van der Waals surface area contributed by atoms with E-state index >= 15 is 0 Å². The number of fused-ring (bicyclic) bond motifs is 1. The smallest absolute Gasteiger partial charge is 0.344 e. The molecule has 0 spiro atoms. The maximum absolute atomic E-state index is 12.8. The van der Waals surface area contributed by atoms with Crippen molar-refractivity contribution in [1.29, 1.82) is 0 Å². The number of alkyl halides is 3. The number of nitrogens with zero attached hydrogens (tertiary/aromatic N) is 3. The Labute approximate surface area is 147 Å². The summed E-state index contributed by atoms with van der Waals surface area (Å²) in [4.78, 5) is 16.8. The molecule has 3 rings (SSSR count). The maximum atomic E-state index is 12.8. The highest BCUT2D eigenvalue weighted by Crippen LogP contribution is 2.30. The molecule has 2 aromatic heterocycles. The molecule has 3 aromatic rings. The fourth-order valence-electron chi connectivity index (χ4n) is 2.77. The lowest BCUT2D eigenvalue weighted by atomic mass is 10.0. The van der Waals surface area contributed by atoms with E-state index in [1.165, 1.54) is 6.07 Å². The van der Waals surface area contributed by atoms with Crippen LogP contribution < -0.4 is 5.32 Å². The van der Waals surface area contributed by atoms with E-state index in [0.29, 0.717) is 11.2 Å². The standard InChI is InChI=1S/C18H17F3N4O/c1-10(12-5-4-6-13(9-12)18(19,20)21)22-17(26)15-8-7-14-11(2)24-25(3)16(14)23-15/h4-10H,1-3H3,(H,22,26). The number of nitrogens with one attached hydrogen (secondary N) is 1. The van der Waals surface area contributed by atoms with Gasteiger partial charge in [0.15, 0.2) is 5.65 Å². The molecule has 2 heterocycles. The molecule has 136 valence electrons. The highest BCUT2D eigenvalue weighted by Gasteiger charge is 2.30. The van der Waals surface area contributed by atoms with E-state index in [0.717, 1.165) is 23.2 Å². The Hall–Kier alpha value is -2.90. The van der Waals surface area contributed by atoms with Gasteiger partial charge in [0.2, 0.25) is 0 Å². The highest BCUT2D eigenvalue weighted by molar-refractivity contribution is 5.95. The third-order valence-electron chi connectivity index (χ3n) is 4.17. The number of aromatic nitrogens is 3. The minimum atomic E-state index is -4.43. The fraction of sp³-hybridized carbons (Fsp3) is 0.278. The summed E-state index contributed by atoms with van der Waals surface area (Å²) in [6, 6.07) is 7.63. The van der Waals surface area contributed by atoms with Gasteiger partial charge in [-0.2, -0.15) is 18.3 Å². The molecule has 1 unspecified atom stereocenters. The van der Waals surface area contributed by atoms with Gasteiger partial charge in [-0.05, 0) is 43.7 Å². The van der Waals surface area contributed by atoms with Crippen LogP contribution in [0.3, 0.4) is 0 Å². The molecule has 0 radical (unpaired) electrons. The molecule has 5 nitrogen and oxygen atoms in total. The normalized spacial score (nSPS) is 13.0. The molecule has 0 bridgehead atoms. The molecule has 0 fully saturated rings. The summed E-state index contributed by atoms with van der Waals surface area (Å²) < 4.78 is 40.1. The van der Waals surface area contributed by atoms with Crippen molar-refractivity contribution in [3.05, 3.63) is 58.9 Å². The lowest BCUT2D eigenvalue weighted by Crippen LogP contribution is -2.27. The quantitative estimate of drug-likeness (QED) is 0.771. The maximum Gasteiger partial charge on any atom is 0.416 e. The average Bonchev–Trinajstić information content (AvgIpc) is 2.88. The molecular formula is C18H17F3N4O. The first kappa shape index (κ1) is 17.9. The Morgan fingerprint density at radius 2 is 1.96 bits per heavy atom. The first-order chi connectivity index (χ1) is 12.2. The van der Waals surface area contributed by atoms with Gasteiger partial charge < -0.3 is 5.32 Å². The molecule has 0 aliphatic rings. The van der Waals surface area contributed by atoms with Crippen LogP contribution in [0.2, 0.25) is 0 Å². The van der Waals surface area contributed by atoms with E-state index in [9.17, 15) is 18.0 Å². The SMILES string of the molecule is Cc1nn(C)c2nc(C(=O)NC(C)c3cccc(C(F)(F)F)c3)ccc12. The van der Waals surface area contributed by atoms with Crippen molar-refractivity contribution >= 4 is 16.9 Å². The van der Waals surface area contributed by atoms with Crippen LogP contribution in [0.4, 0.5) is 13.2 Å². The first-order valence-electron chi connectivity index (χ1n) is 7.95. The number of pyridine rings is 1. The minimum Gasteiger partial charge on any atom is -0.344 e. The summed E-state index contributed by atoms with van der Waals surface area (Å²) in [6.07, 6.45) is -4.43. The first-order valence-corrected chi connectivity index (χ1v) is 7.95. The molecule has 0 aliphatic carbocycles. The average molecular weight is 362 g/mol. The van der Waals surface area contributed by atoms with Crippen molar-refractivity contribution in [2.45, 2.75) is 26.1 Å². The molecule has 1 aromatic carbocycles. The van der Waals surface area contributed by atoms with Gasteiger partial charge >= 0.3 is 6.18 Å². The number of hydrogen-bond acceptors (Lipinski definition) is 3. The predicted molar refractivity (Wildman–Crippen MR) is 90.6 cm³/mol.